The highest BCUT2D eigenvalue weighted by Crippen LogP contribution is 2.22. The normalized spacial score (nSPS) is 23.1. The van der Waals surface area contributed by atoms with Crippen molar-refractivity contribution in [3.63, 3.8) is 0 Å². The number of ether oxygens (including phenoxy) is 1. The number of hydrogen-bond donors (Lipinski definition) is 1. The Morgan fingerprint density at radius 1 is 1.40 bits per heavy atom. The lowest BCUT2D eigenvalue weighted by molar-refractivity contribution is 0.0885. The van der Waals surface area contributed by atoms with Crippen molar-refractivity contribution in [1.29, 1.82) is 0 Å². The number of nitrogens with zero attached hydrogens (tertiary/aromatic N) is 1. The third-order valence-corrected chi connectivity index (χ3v) is 4.09. The molecular formula is C16H32N2O2. The summed E-state index contributed by atoms with van der Waals surface area (Å²) in [6.07, 6.45) is 5.88. The second-order valence-electron chi connectivity index (χ2n) is 6.45. The fourth-order valence-corrected chi connectivity index (χ4v) is 2.91. The first-order valence-electron chi connectivity index (χ1n) is 8.13. The van der Waals surface area contributed by atoms with E-state index in [-0.39, 0.29) is 6.09 Å². The molecule has 2 atom stereocenters. The minimum absolute atomic E-state index is 0.179. The molecule has 1 rings (SSSR count). The average Bonchev–Trinajstić information content (AvgIpc) is 2.43. The fraction of sp³-hybridized carbons (Fsp3) is 0.938. The molecule has 1 N–H and O–H groups in total. The molecule has 1 aliphatic heterocycles. The number of likely N-dealkylation sites (tertiary alicyclic amines) is 1. The Hall–Kier alpha value is -0.770. The van der Waals surface area contributed by atoms with E-state index in [0.717, 1.165) is 25.6 Å². The summed E-state index contributed by atoms with van der Waals surface area (Å²) in [5, 5.41) is 3.62. The maximum Gasteiger partial charge on any atom is 0.409 e. The SMILES string of the molecule is CCCCC1CC(NCCC(C)C)CN(C(=O)OC)C1. The number of methoxy groups -OCH3 is 1. The summed E-state index contributed by atoms with van der Waals surface area (Å²) < 4.78 is 4.89. The topological polar surface area (TPSA) is 41.6 Å². The maximum atomic E-state index is 11.8. The minimum atomic E-state index is -0.179. The van der Waals surface area contributed by atoms with Gasteiger partial charge in [-0.3, -0.25) is 0 Å². The maximum absolute atomic E-state index is 11.8. The molecule has 0 bridgehead atoms. The Morgan fingerprint density at radius 3 is 2.75 bits per heavy atom. The largest absolute Gasteiger partial charge is 0.453 e. The van der Waals surface area contributed by atoms with E-state index in [1.54, 1.807) is 0 Å². The second-order valence-corrected chi connectivity index (χ2v) is 6.45. The molecule has 1 amide bonds. The van der Waals surface area contributed by atoms with Crippen LogP contribution in [0.1, 0.15) is 52.9 Å². The number of carbonyl (C=O) groups excluding carboxylic acids is 1. The lowest BCUT2D eigenvalue weighted by Crippen LogP contribution is -2.51. The van der Waals surface area contributed by atoms with E-state index in [0.29, 0.717) is 12.0 Å². The summed E-state index contributed by atoms with van der Waals surface area (Å²) in [7, 11) is 1.47. The number of hydrogen-bond acceptors (Lipinski definition) is 3. The van der Waals surface area contributed by atoms with Gasteiger partial charge in [0.05, 0.1) is 7.11 Å². The molecule has 0 spiro atoms. The van der Waals surface area contributed by atoms with Gasteiger partial charge in [0.25, 0.3) is 0 Å². The third-order valence-electron chi connectivity index (χ3n) is 4.09. The molecule has 0 aromatic carbocycles. The molecule has 1 saturated heterocycles. The van der Waals surface area contributed by atoms with Crippen molar-refractivity contribution in [2.24, 2.45) is 11.8 Å². The van der Waals surface area contributed by atoms with E-state index in [4.69, 9.17) is 4.74 Å². The molecule has 20 heavy (non-hydrogen) atoms. The van der Waals surface area contributed by atoms with Crippen molar-refractivity contribution in [1.82, 2.24) is 10.2 Å². The van der Waals surface area contributed by atoms with E-state index in [2.05, 4.69) is 26.1 Å². The van der Waals surface area contributed by atoms with Crippen molar-refractivity contribution in [2.45, 2.75) is 58.9 Å². The van der Waals surface area contributed by atoms with Gasteiger partial charge >= 0.3 is 6.09 Å². The van der Waals surface area contributed by atoms with Crippen molar-refractivity contribution >= 4 is 6.09 Å². The summed E-state index contributed by atoms with van der Waals surface area (Å²) in [5.74, 6) is 1.33. The standard InChI is InChI=1S/C16H32N2O2/c1-5-6-7-14-10-15(17-9-8-13(2)3)12-18(11-14)16(19)20-4/h13-15,17H,5-12H2,1-4H3. The Kier molecular flexibility index (Phi) is 7.97. The Bertz CT molecular complexity index is 282. The summed E-state index contributed by atoms with van der Waals surface area (Å²) in [6, 6.07) is 0.420. The lowest BCUT2D eigenvalue weighted by Gasteiger charge is -2.37. The first-order valence-corrected chi connectivity index (χ1v) is 8.13. The van der Waals surface area contributed by atoms with Crippen LogP contribution in [0, 0.1) is 11.8 Å². The zero-order valence-electron chi connectivity index (χ0n) is 13.7. The van der Waals surface area contributed by atoms with Gasteiger partial charge in [0.1, 0.15) is 0 Å². The van der Waals surface area contributed by atoms with Crippen molar-refractivity contribution in [2.75, 3.05) is 26.7 Å². The van der Waals surface area contributed by atoms with Crippen LogP contribution in [0.15, 0.2) is 0 Å². The number of amides is 1. The minimum Gasteiger partial charge on any atom is -0.453 e. The van der Waals surface area contributed by atoms with E-state index < -0.39 is 0 Å². The molecule has 0 radical (unpaired) electrons. The number of unbranched alkanes of at least 4 members (excludes halogenated alkanes) is 1. The van der Waals surface area contributed by atoms with Crippen LogP contribution in [0.2, 0.25) is 0 Å². The smallest absolute Gasteiger partial charge is 0.409 e. The van der Waals surface area contributed by atoms with Gasteiger partial charge in [-0.2, -0.15) is 0 Å². The molecule has 1 fully saturated rings. The van der Waals surface area contributed by atoms with Gasteiger partial charge in [-0.25, -0.2) is 4.79 Å². The first-order chi connectivity index (χ1) is 9.56. The van der Waals surface area contributed by atoms with E-state index >= 15 is 0 Å². The molecular weight excluding hydrogens is 252 g/mol. The molecule has 1 aliphatic rings. The summed E-state index contributed by atoms with van der Waals surface area (Å²) in [6.45, 7) is 9.39. The highest BCUT2D eigenvalue weighted by Gasteiger charge is 2.29. The van der Waals surface area contributed by atoms with Crippen LogP contribution in [0.3, 0.4) is 0 Å². The Labute approximate surface area is 124 Å². The molecule has 0 aliphatic carbocycles. The van der Waals surface area contributed by atoms with E-state index in [9.17, 15) is 4.79 Å². The predicted octanol–water partition coefficient (Wildman–Crippen LogP) is 3.27. The predicted molar refractivity (Wildman–Crippen MR) is 82.9 cm³/mol. The van der Waals surface area contributed by atoms with E-state index in [1.165, 1.54) is 39.2 Å². The van der Waals surface area contributed by atoms with Crippen molar-refractivity contribution in [3.8, 4) is 0 Å². The average molecular weight is 284 g/mol. The van der Waals surface area contributed by atoms with Crippen molar-refractivity contribution < 1.29 is 9.53 Å². The Balaban J connectivity index is 2.48. The molecule has 0 aromatic rings. The number of carbonyl (C=O) groups is 1. The van der Waals surface area contributed by atoms with Crippen LogP contribution in [0.25, 0.3) is 0 Å². The van der Waals surface area contributed by atoms with Crippen LogP contribution < -0.4 is 5.32 Å². The molecule has 4 nitrogen and oxygen atoms in total. The van der Waals surface area contributed by atoms with Gasteiger partial charge < -0.3 is 15.0 Å². The first kappa shape index (κ1) is 17.3. The second kappa shape index (κ2) is 9.22. The summed E-state index contributed by atoms with van der Waals surface area (Å²) in [4.78, 5) is 13.7. The van der Waals surface area contributed by atoms with Crippen LogP contribution in [0.4, 0.5) is 4.79 Å². The monoisotopic (exact) mass is 284 g/mol. The van der Waals surface area contributed by atoms with Gasteiger partial charge in [-0.1, -0.05) is 33.6 Å². The van der Waals surface area contributed by atoms with Gasteiger partial charge in [0.15, 0.2) is 0 Å². The van der Waals surface area contributed by atoms with Crippen LogP contribution in [-0.4, -0.2) is 43.8 Å². The van der Waals surface area contributed by atoms with Crippen molar-refractivity contribution in [3.05, 3.63) is 0 Å². The molecule has 118 valence electrons. The number of rotatable bonds is 7. The molecule has 1 heterocycles. The number of piperidine rings is 1. The lowest BCUT2D eigenvalue weighted by atomic mass is 9.90. The van der Waals surface area contributed by atoms with Gasteiger partial charge in [0.2, 0.25) is 0 Å². The molecule has 0 saturated carbocycles. The molecule has 0 aromatic heterocycles. The zero-order chi connectivity index (χ0) is 15.0. The third kappa shape index (κ3) is 6.12. The van der Waals surface area contributed by atoms with Crippen LogP contribution in [-0.2, 0) is 4.74 Å². The summed E-state index contributed by atoms with van der Waals surface area (Å²) >= 11 is 0. The quantitative estimate of drug-likeness (QED) is 0.780. The van der Waals surface area contributed by atoms with Gasteiger partial charge in [-0.15, -0.1) is 0 Å². The zero-order valence-corrected chi connectivity index (χ0v) is 13.7. The highest BCUT2D eigenvalue weighted by molar-refractivity contribution is 5.67. The fourth-order valence-electron chi connectivity index (χ4n) is 2.91. The molecule has 2 unspecified atom stereocenters. The Morgan fingerprint density at radius 2 is 2.15 bits per heavy atom. The summed E-state index contributed by atoms with van der Waals surface area (Å²) in [5.41, 5.74) is 0. The van der Waals surface area contributed by atoms with Gasteiger partial charge in [-0.05, 0) is 37.6 Å². The number of nitrogens with one attached hydrogen (secondary N) is 1. The van der Waals surface area contributed by atoms with E-state index in [1.807, 2.05) is 4.90 Å². The van der Waals surface area contributed by atoms with Crippen LogP contribution >= 0.6 is 0 Å². The van der Waals surface area contributed by atoms with Crippen LogP contribution in [0.5, 0.6) is 0 Å². The molecule has 4 heteroatoms. The van der Waals surface area contributed by atoms with Gasteiger partial charge in [0, 0.05) is 19.1 Å². The highest BCUT2D eigenvalue weighted by atomic mass is 16.5.